The number of rotatable bonds is 4. The fourth-order valence-corrected chi connectivity index (χ4v) is 7.22. The van der Waals surface area contributed by atoms with Crippen LogP contribution in [0.15, 0.2) is 24.4 Å². The van der Waals surface area contributed by atoms with Crippen molar-refractivity contribution < 1.29 is 14.4 Å². The number of imide groups is 1. The lowest BCUT2D eigenvalue weighted by molar-refractivity contribution is -0.143. The first-order chi connectivity index (χ1) is 18.1. The van der Waals surface area contributed by atoms with Crippen molar-refractivity contribution in [3.05, 3.63) is 46.2 Å². The second-order valence-corrected chi connectivity index (χ2v) is 12.1. The van der Waals surface area contributed by atoms with Gasteiger partial charge in [0.2, 0.25) is 11.8 Å². The van der Waals surface area contributed by atoms with Crippen molar-refractivity contribution in [2.24, 2.45) is 17.3 Å². The number of aryl methyl sites for hydroxylation is 1. The Kier molecular flexibility index (Phi) is 5.63. The number of piperazine rings is 1. The number of aromatic nitrogens is 2. The van der Waals surface area contributed by atoms with Crippen molar-refractivity contribution in [2.45, 2.75) is 40.3 Å². The highest BCUT2D eigenvalue weighted by molar-refractivity contribution is 7.19. The number of carbonyl (C=O) groups excluding carboxylic acids is 3. The molecular weight excluding hydrogens is 500 g/mol. The predicted molar refractivity (Wildman–Crippen MR) is 142 cm³/mol. The number of pyridine rings is 2. The van der Waals surface area contributed by atoms with Crippen molar-refractivity contribution in [2.75, 3.05) is 19.6 Å². The van der Waals surface area contributed by atoms with Crippen LogP contribution in [0.25, 0.3) is 21.3 Å². The third-order valence-electron chi connectivity index (χ3n) is 8.25. The highest BCUT2D eigenvalue weighted by Crippen LogP contribution is 2.63. The van der Waals surface area contributed by atoms with Crippen LogP contribution in [0.5, 0.6) is 0 Å². The first-order valence-corrected chi connectivity index (χ1v) is 13.6. The topological polar surface area (TPSA) is 119 Å². The van der Waals surface area contributed by atoms with Crippen molar-refractivity contribution in [3.8, 4) is 17.2 Å². The molecule has 1 N–H and O–H groups in total. The molecule has 0 spiro atoms. The quantitative estimate of drug-likeness (QED) is 0.517. The van der Waals surface area contributed by atoms with E-state index < -0.39 is 0 Å². The van der Waals surface area contributed by atoms with Gasteiger partial charge >= 0.3 is 0 Å². The zero-order chi connectivity index (χ0) is 26.9. The molecule has 3 unspecified atom stereocenters. The van der Waals surface area contributed by atoms with Crippen LogP contribution in [0.4, 0.5) is 0 Å². The molecule has 0 bridgehead atoms. The maximum absolute atomic E-state index is 13.8. The lowest BCUT2D eigenvalue weighted by Crippen LogP contribution is -2.52. The van der Waals surface area contributed by atoms with Gasteiger partial charge in [0.25, 0.3) is 5.91 Å². The molecule has 6 rings (SSSR count). The van der Waals surface area contributed by atoms with Gasteiger partial charge in [-0.15, -0.1) is 11.3 Å². The van der Waals surface area contributed by atoms with Crippen LogP contribution in [-0.2, 0) is 16.1 Å². The number of hydrogen-bond donors (Lipinski definition) is 1. The van der Waals surface area contributed by atoms with Crippen LogP contribution >= 0.6 is 11.3 Å². The largest absolute Gasteiger partial charge is 0.333 e. The zero-order valence-corrected chi connectivity index (χ0v) is 22.6. The molecule has 3 amide bonds. The molecule has 3 aliphatic rings. The van der Waals surface area contributed by atoms with Gasteiger partial charge in [-0.3, -0.25) is 24.3 Å². The van der Waals surface area contributed by atoms with Gasteiger partial charge in [-0.05, 0) is 37.5 Å². The standard InChI is InChI=1S/C28H28N6O3S/c1-14-12-30-7-8-33(14)25(35)21-15(2)32-16(11-29)9-19(21)18-5-6-31-20-10-17(38-24(18)20)13-34-26(36)22-23(27(34)37)28(22,3)4/h5-6,9-10,14,22-23,30H,7-8,12-13H2,1-4H3. The van der Waals surface area contributed by atoms with Gasteiger partial charge in [0.05, 0.1) is 39.9 Å². The first kappa shape index (κ1) is 24.6. The van der Waals surface area contributed by atoms with Crippen molar-refractivity contribution >= 4 is 39.3 Å². The maximum Gasteiger partial charge on any atom is 0.256 e. The second-order valence-electron chi connectivity index (χ2n) is 11.0. The maximum atomic E-state index is 13.8. The van der Waals surface area contributed by atoms with E-state index in [4.69, 9.17) is 0 Å². The Morgan fingerprint density at radius 1 is 1.24 bits per heavy atom. The van der Waals surface area contributed by atoms with E-state index >= 15 is 0 Å². The molecular formula is C28H28N6O3S. The summed E-state index contributed by atoms with van der Waals surface area (Å²) in [6.07, 6.45) is 1.68. The Balaban J connectivity index is 1.41. The number of thiophene rings is 1. The summed E-state index contributed by atoms with van der Waals surface area (Å²) in [4.78, 5) is 52.6. The summed E-state index contributed by atoms with van der Waals surface area (Å²) >= 11 is 1.45. The molecule has 1 saturated carbocycles. The van der Waals surface area contributed by atoms with Crippen LogP contribution in [0.2, 0.25) is 0 Å². The van der Waals surface area contributed by atoms with Crippen LogP contribution < -0.4 is 5.32 Å². The number of hydrogen-bond acceptors (Lipinski definition) is 8. The van der Waals surface area contributed by atoms with Crippen LogP contribution in [0.3, 0.4) is 0 Å². The van der Waals surface area contributed by atoms with Crippen LogP contribution in [0, 0.1) is 35.5 Å². The summed E-state index contributed by atoms with van der Waals surface area (Å²) in [6.45, 7) is 9.95. The van der Waals surface area contributed by atoms with Crippen LogP contribution in [0.1, 0.15) is 47.4 Å². The Morgan fingerprint density at radius 3 is 2.66 bits per heavy atom. The molecule has 9 nitrogen and oxygen atoms in total. The summed E-state index contributed by atoms with van der Waals surface area (Å²) in [5.74, 6) is -0.749. The van der Waals surface area contributed by atoms with E-state index in [2.05, 4.69) is 21.4 Å². The molecule has 2 aliphatic heterocycles. The lowest BCUT2D eigenvalue weighted by Gasteiger charge is -2.34. The number of nitriles is 1. The van der Waals surface area contributed by atoms with E-state index in [1.165, 1.54) is 16.2 Å². The number of fused-ring (bicyclic) bond motifs is 2. The highest BCUT2D eigenvalue weighted by atomic mass is 32.1. The number of likely N-dealkylation sites (tertiary alicyclic amines) is 1. The minimum atomic E-state index is -0.248. The number of piperidine rings is 1. The summed E-state index contributed by atoms with van der Waals surface area (Å²) < 4.78 is 0.837. The smallest absolute Gasteiger partial charge is 0.256 e. The van der Waals surface area contributed by atoms with Gasteiger partial charge < -0.3 is 10.2 Å². The van der Waals surface area contributed by atoms with Crippen molar-refractivity contribution in [3.63, 3.8) is 0 Å². The SMILES string of the molecule is Cc1nc(C#N)cc(-c2ccnc3cc(CN4C(=O)C5C(C4=O)C5(C)C)sc23)c1C(=O)N1CCNCC1C. The molecule has 10 heteroatoms. The van der Waals surface area contributed by atoms with Crippen LogP contribution in [-0.4, -0.2) is 63.2 Å². The summed E-state index contributed by atoms with van der Waals surface area (Å²) in [7, 11) is 0. The first-order valence-electron chi connectivity index (χ1n) is 12.8. The van der Waals surface area contributed by atoms with Crippen molar-refractivity contribution in [1.29, 1.82) is 5.26 Å². The normalized spacial score (nSPS) is 24.0. The van der Waals surface area contributed by atoms with E-state index in [9.17, 15) is 19.6 Å². The fraction of sp³-hybridized carbons (Fsp3) is 0.429. The molecule has 3 atom stereocenters. The number of amides is 3. The number of nitrogens with one attached hydrogen (secondary N) is 1. The second kappa shape index (κ2) is 8.68. The Bertz CT molecular complexity index is 1550. The third kappa shape index (κ3) is 3.64. The summed E-state index contributed by atoms with van der Waals surface area (Å²) in [5.41, 5.74) is 3.11. The Labute approximate surface area is 224 Å². The number of carbonyl (C=O) groups is 3. The minimum Gasteiger partial charge on any atom is -0.333 e. The van der Waals surface area contributed by atoms with Gasteiger partial charge in [0, 0.05) is 47.9 Å². The molecule has 194 valence electrons. The third-order valence-corrected chi connectivity index (χ3v) is 9.39. The lowest BCUT2D eigenvalue weighted by atomic mass is 9.96. The van der Waals surface area contributed by atoms with Gasteiger partial charge in [-0.25, -0.2) is 4.98 Å². The molecule has 0 radical (unpaired) electrons. The average Bonchev–Trinajstić information content (AvgIpc) is 3.13. The molecule has 38 heavy (non-hydrogen) atoms. The molecule has 3 fully saturated rings. The molecule has 3 aromatic rings. The minimum absolute atomic E-state index is 0.0247. The monoisotopic (exact) mass is 528 g/mol. The Morgan fingerprint density at radius 2 is 1.97 bits per heavy atom. The van der Waals surface area contributed by atoms with Crippen molar-refractivity contribution in [1.82, 2.24) is 25.1 Å². The Hall–Kier alpha value is -3.68. The average molecular weight is 529 g/mol. The summed E-state index contributed by atoms with van der Waals surface area (Å²) in [6, 6.07) is 7.56. The van der Waals surface area contributed by atoms with Gasteiger partial charge in [-0.2, -0.15) is 5.26 Å². The predicted octanol–water partition coefficient (Wildman–Crippen LogP) is 3.11. The molecule has 3 aromatic heterocycles. The van der Waals surface area contributed by atoms with Gasteiger partial charge in [0.15, 0.2) is 0 Å². The zero-order valence-electron chi connectivity index (χ0n) is 21.7. The van der Waals surface area contributed by atoms with E-state index in [0.717, 1.165) is 21.7 Å². The van der Waals surface area contributed by atoms with E-state index in [1.54, 1.807) is 19.2 Å². The summed E-state index contributed by atoms with van der Waals surface area (Å²) in [5, 5.41) is 13.0. The fourth-order valence-electron chi connectivity index (χ4n) is 6.09. The van der Waals surface area contributed by atoms with E-state index in [1.807, 2.05) is 37.8 Å². The highest BCUT2D eigenvalue weighted by Gasteiger charge is 2.72. The molecule has 0 aromatic carbocycles. The number of nitrogens with zero attached hydrogens (tertiary/aromatic N) is 5. The molecule has 1 aliphatic carbocycles. The van der Waals surface area contributed by atoms with E-state index in [0.29, 0.717) is 35.4 Å². The van der Waals surface area contributed by atoms with E-state index in [-0.39, 0.29) is 53.3 Å². The molecule has 2 saturated heterocycles. The van der Waals surface area contributed by atoms with Gasteiger partial charge in [0.1, 0.15) is 11.8 Å². The van der Waals surface area contributed by atoms with Gasteiger partial charge in [-0.1, -0.05) is 13.8 Å². The molecule has 5 heterocycles.